The van der Waals surface area contributed by atoms with Crippen molar-refractivity contribution in [2.24, 2.45) is 5.73 Å². The molecule has 0 spiro atoms. The predicted octanol–water partition coefficient (Wildman–Crippen LogP) is 0.374. The Bertz CT molecular complexity index is 276. The van der Waals surface area contributed by atoms with E-state index < -0.39 is 0 Å². The van der Waals surface area contributed by atoms with E-state index in [9.17, 15) is 0 Å². The van der Waals surface area contributed by atoms with Gasteiger partial charge in [-0.3, -0.25) is 9.80 Å². The van der Waals surface area contributed by atoms with Crippen LogP contribution in [0.5, 0.6) is 0 Å². The number of likely N-dealkylation sites (N-methyl/N-ethyl adjacent to an activating group) is 1. The molecular weight excluding hydrogens is 244 g/mol. The number of hydrogen-bond acceptors (Lipinski definition) is 4. The molecule has 5 heteroatoms. The molecule has 4 nitrogen and oxygen atoms in total. The average Bonchev–Trinajstić information content (AvgIpc) is 2.38. The Balaban J connectivity index is 1.75. The molecule has 2 aliphatic rings. The third-order valence-electron chi connectivity index (χ3n) is 4.24. The van der Waals surface area contributed by atoms with Gasteiger partial charge in [0.1, 0.15) is 0 Å². The van der Waals surface area contributed by atoms with Gasteiger partial charge in [0, 0.05) is 39.3 Å². The number of piperidine rings is 1. The van der Waals surface area contributed by atoms with Gasteiger partial charge >= 0.3 is 0 Å². The number of nitrogens with zero attached hydrogens (tertiary/aromatic N) is 3. The molecule has 0 aromatic carbocycles. The molecule has 0 aromatic heterocycles. The highest BCUT2D eigenvalue weighted by molar-refractivity contribution is 7.80. The Hall–Kier alpha value is -0.230. The van der Waals surface area contributed by atoms with Crippen molar-refractivity contribution >= 4 is 17.2 Å². The van der Waals surface area contributed by atoms with Gasteiger partial charge < -0.3 is 10.6 Å². The quantitative estimate of drug-likeness (QED) is 0.747. The third kappa shape index (κ3) is 3.88. The number of nitrogens with two attached hydrogens (primary N) is 1. The number of likely N-dealkylation sites (tertiary alicyclic amines) is 1. The van der Waals surface area contributed by atoms with E-state index in [-0.39, 0.29) is 0 Å². The zero-order valence-corrected chi connectivity index (χ0v) is 12.3. The summed E-state index contributed by atoms with van der Waals surface area (Å²) in [4.78, 5) is 8.14. The Labute approximate surface area is 116 Å². The van der Waals surface area contributed by atoms with Crippen LogP contribution in [0.2, 0.25) is 0 Å². The van der Waals surface area contributed by atoms with Crippen molar-refractivity contribution in [3.8, 4) is 0 Å². The molecule has 2 heterocycles. The molecule has 0 amide bonds. The lowest BCUT2D eigenvalue weighted by Crippen LogP contribution is -2.51. The van der Waals surface area contributed by atoms with Crippen LogP contribution in [0.25, 0.3) is 0 Å². The molecule has 0 bridgehead atoms. The fourth-order valence-corrected chi connectivity index (χ4v) is 3.19. The lowest BCUT2D eigenvalue weighted by molar-refractivity contribution is 0.119. The second kappa shape index (κ2) is 6.80. The summed E-state index contributed by atoms with van der Waals surface area (Å²) in [6.45, 7) is 8.22. The molecule has 0 aromatic rings. The predicted molar refractivity (Wildman–Crippen MR) is 79.9 cm³/mol. The Morgan fingerprint density at radius 2 is 1.83 bits per heavy atom. The van der Waals surface area contributed by atoms with Gasteiger partial charge in [-0.25, -0.2) is 0 Å². The topological polar surface area (TPSA) is 35.7 Å². The summed E-state index contributed by atoms with van der Waals surface area (Å²) in [5, 5.41) is 0. The van der Waals surface area contributed by atoms with E-state index in [1.165, 1.54) is 39.0 Å². The highest BCUT2D eigenvalue weighted by Gasteiger charge is 2.25. The minimum Gasteiger partial charge on any atom is -0.392 e. The summed E-state index contributed by atoms with van der Waals surface area (Å²) in [6.07, 6.45) is 3.72. The first kappa shape index (κ1) is 14.2. The summed E-state index contributed by atoms with van der Waals surface area (Å²) in [5.74, 6) is 0. The van der Waals surface area contributed by atoms with Gasteiger partial charge in [0.25, 0.3) is 0 Å². The Morgan fingerprint density at radius 1 is 1.11 bits per heavy atom. The van der Waals surface area contributed by atoms with Crippen LogP contribution in [-0.2, 0) is 0 Å². The highest BCUT2D eigenvalue weighted by Crippen LogP contribution is 2.17. The summed E-state index contributed by atoms with van der Waals surface area (Å²) < 4.78 is 0. The molecule has 0 radical (unpaired) electrons. The minimum absolute atomic E-state index is 0.348. The molecule has 2 N–H and O–H groups in total. The van der Waals surface area contributed by atoms with Gasteiger partial charge in [-0.15, -0.1) is 0 Å². The maximum absolute atomic E-state index is 5.85. The molecular formula is C13H26N4S. The van der Waals surface area contributed by atoms with Gasteiger partial charge in [0.15, 0.2) is 0 Å². The molecule has 104 valence electrons. The fraction of sp³-hybridized carbons (Fsp3) is 0.923. The van der Waals surface area contributed by atoms with E-state index in [0.29, 0.717) is 11.0 Å². The van der Waals surface area contributed by atoms with Crippen LogP contribution in [0, 0.1) is 0 Å². The number of thiocarbonyl (C=S) groups is 1. The van der Waals surface area contributed by atoms with Crippen LogP contribution in [-0.4, -0.2) is 78.6 Å². The number of hydrogen-bond donors (Lipinski definition) is 1. The minimum atomic E-state index is 0.348. The van der Waals surface area contributed by atoms with Crippen molar-refractivity contribution in [1.29, 1.82) is 0 Å². The molecule has 2 saturated heterocycles. The first-order chi connectivity index (χ1) is 8.66. The van der Waals surface area contributed by atoms with E-state index in [0.717, 1.165) is 26.1 Å². The largest absolute Gasteiger partial charge is 0.392 e. The van der Waals surface area contributed by atoms with Crippen molar-refractivity contribution < 1.29 is 0 Å². The SMILES string of the molecule is CN1CCN(CCN2CCCCC2C(N)=S)CC1. The van der Waals surface area contributed by atoms with Gasteiger partial charge in [-0.05, 0) is 26.4 Å². The van der Waals surface area contributed by atoms with Gasteiger partial charge in [-0.1, -0.05) is 18.6 Å². The van der Waals surface area contributed by atoms with Gasteiger partial charge in [-0.2, -0.15) is 0 Å². The van der Waals surface area contributed by atoms with E-state index in [4.69, 9.17) is 18.0 Å². The van der Waals surface area contributed by atoms with E-state index in [1.807, 2.05) is 0 Å². The van der Waals surface area contributed by atoms with Crippen LogP contribution in [0.3, 0.4) is 0 Å². The second-order valence-electron chi connectivity index (χ2n) is 5.59. The molecule has 2 fully saturated rings. The van der Waals surface area contributed by atoms with Crippen molar-refractivity contribution in [1.82, 2.24) is 14.7 Å². The third-order valence-corrected chi connectivity index (χ3v) is 4.51. The van der Waals surface area contributed by atoms with Crippen molar-refractivity contribution in [3.63, 3.8) is 0 Å². The van der Waals surface area contributed by atoms with Crippen LogP contribution in [0.4, 0.5) is 0 Å². The molecule has 1 atom stereocenters. The molecule has 1 unspecified atom stereocenters. The normalized spacial score (nSPS) is 28.4. The fourth-order valence-electron chi connectivity index (χ4n) is 2.92. The van der Waals surface area contributed by atoms with Crippen LogP contribution >= 0.6 is 12.2 Å². The van der Waals surface area contributed by atoms with Crippen molar-refractivity contribution in [2.45, 2.75) is 25.3 Å². The molecule has 0 aliphatic carbocycles. The first-order valence-electron chi connectivity index (χ1n) is 7.11. The number of rotatable bonds is 4. The Kier molecular flexibility index (Phi) is 5.36. The maximum Gasteiger partial charge on any atom is 0.0902 e. The summed E-state index contributed by atoms with van der Waals surface area (Å²) in [5.41, 5.74) is 5.85. The molecule has 18 heavy (non-hydrogen) atoms. The monoisotopic (exact) mass is 270 g/mol. The standard InChI is InChI=1S/C13H26N4S/c1-15-6-8-16(9-7-15)10-11-17-5-3-2-4-12(17)13(14)18/h12H,2-11H2,1H3,(H2,14,18). The molecule has 2 aliphatic heterocycles. The Morgan fingerprint density at radius 3 is 2.50 bits per heavy atom. The zero-order chi connectivity index (χ0) is 13.0. The molecule has 0 saturated carbocycles. The average molecular weight is 270 g/mol. The lowest BCUT2D eigenvalue weighted by atomic mass is 10.0. The van der Waals surface area contributed by atoms with E-state index >= 15 is 0 Å². The number of piperazine rings is 1. The van der Waals surface area contributed by atoms with E-state index in [1.54, 1.807) is 0 Å². The second-order valence-corrected chi connectivity index (χ2v) is 6.07. The highest BCUT2D eigenvalue weighted by atomic mass is 32.1. The van der Waals surface area contributed by atoms with Crippen molar-refractivity contribution in [3.05, 3.63) is 0 Å². The zero-order valence-electron chi connectivity index (χ0n) is 11.5. The summed E-state index contributed by atoms with van der Waals surface area (Å²) in [7, 11) is 2.20. The first-order valence-corrected chi connectivity index (χ1v) is 7.52. The van der Waals surface area contributed by atoms with Gasteiger partial charge in [0.05, 0.1) is 11.0 Å². The van der Waals surface area contributed by atoms with Crippen LogP contribution in [0.1, 0.15) is 19.3 Å². The van der Waals surface area contributed by atoms with Crippen LogP contribution < -0.4 is 5.73 Å². The van der Waals surface area contributed by atoms with Crippen LogP contribution in [0.15, 0.2) is 0 Å². The van der Waals surface area contributed by atoms with Gasteiger partial charge in [0.2, 0.25) is 0 Å². The summed E-state index contributed by atoms with van der Waals surface area (Å²) in [6, 6.07) is 0.348. The lowest BCUT2D eigenvalue weighted by Gasteiger charge is -2.38. The van der Waals surface area contributed by atoms with E-state index in [2.05, 4.69) is 21.7 Å². The smallest absolute Gasteiger partial charge is 0.0902 e. The molecule has 2 rings (SSSR count). The maximum atomic E-state index is 5.85. The summed E-state index contributed by atoms with van der Waals surface area (Å²) >= 11 is 5.19. The van der Waals surface area contributed by atoms with Crippen molar-refractivity contribution in [2.75, 3.05) is 52.9 Å².